The van der Waals surface area contributed by atoms with Gasteiger partial charge in [-0.2, -0.15) is 0 Å². The molecule has 2 aromatic rings. The SMILES string of the molecule is CC.CC.CCCCCCC1CCC(c2ccc3c(OC(=O)C(C)CCC)ccc(/C=C\C(=O)C(C)CCC)c3c2)CC1. The van der Waals surface area contributed by atoms with Crippen molar-refractivity contribution in [2.45, 2.75) is 152 Å². The molecule has 0 bridgehead atoms. The molecule has 0 saturated heterocycles. The molecule has 0 radical (unpaired) electrons. The Hall–Kier alpha value is -2.42. The Morgan fingerprint density at radius 3 is 2.07 bits per heavy atom. The van der Waals surface area contributed by atoms with Crippen LogP contribution in [0, 0.1) is 17.8 Å². The molecule has 0 spiro atoms. The Morgan fingerprint density at radius 2 is 1.44 bits per heavy atom. The van der Waals surface area contributed by atoms with E-state index in [0.29, 0.717) is 11.7 Å². The molecule has 2 atom stereocenters. The highest BCUT2D eigenvalue weighted by Crippen LogP contribution is 2.40. The number of rotatable bonds is 15. The summed E-state index contributed by atoms with van der Waals surface area (Å²) >= 11 is 0. The van der Waals surface area contributed by atoms with Gasteiger partial charge in [0.2, 0.25) is 0 Å². The van der Waals surface area contributed by atoms with Crippen LogP contribution in [0.2, 0.25) is 0 Å². The van der Waals surface area contributed by atoms with E-state index >= 15 is 0 Å². The fourth-order valence-corrected chi connectivity index (χ4v) is 6.16. The topological polar surface area (TPSA) is 43.4 Å². The van der Waals surface area contributed by atoms with E-state index in [0.717, 1.165) is 47.9 Å². The number of unbranched alkanes of at least 4 members (excludes halogenated alkanes) is 3. The maximum atomic E-state index is 12.8. The molecule has 0 heterocycles. The van der Waals surface area contributed by atoms with Gasteiger partial charge in [-0.1, -0.05) is 138 Å². The number of ketones is 1. The molecule has 1 aliphatic rings. The molecule has 2 aromatic carbocycles. The minimum Gasteiger partial charge on any atom is -0.426 e. The second-order valence-corrected chi connectivity index (χ2v) is 12.1. The monoisotopic (exact) mass is 592 g/mol. The third kappa shape index (κ3) is 12.6. The molecule has 242 valence electrons. The van der Waals surface area contributed by atoms with Gasteiger partial charge in [0.15, 0.2) is 5.78 Å². The van der Waals surface area contributed by atoms with Gasteiger partial charge in [0.05, 0.1) is 5.92 Å². The van der Waals surface area contributed by atoms with Crippen molar-refractivity contribution < 1.29 is 14.3 Å². The number of allylic oxidation sites excluding steroid dienone is 1. The first kappa shape index (κ1) is 38.6. The third-order valence-corrected chi connectivity index (χ3v) is 8.79. The zero-order valence-corrected chi connectivity index (χ0v) is 29.3. The maximum Gasteiger partial charge on any atom is 0.314 e. The smallest absolute Gasteiger partial charge is 0.314 e. The standard InChI is InChI=1S/C36H52O3.2C2H6/c1-6-9-10-11-14-28-15-17-29(18-16-28)31-19-22-32-33(25-31)30(20-23-34(37)26(4)12-7-2)21-24-35(32)39-36(38)27(5)13-8-3;2*1-2/h19-29H,6-18H2,1-5H3;2*1-2H3/b23-20-;;. The van der Waals surface area contributed by atoms with E-state index in [-0.39, 0.29) is 23.6 Å². The predicted octanol–water partition coefficient (Wildman–Crippen LogP) is 12.5. The molecule has 3 nitrogen and oxygen atoms in total. The summed E-state index contributed by atoms with van der Waals surface area (Å²) in [7, 11) is 0. The van der Waals surface area contributed by atoms with Crippen LogP contribution in [0.25, 0.3) is 16.8 Å². The number of esters is 1. The summed E-state index contributed by atoms with van der Waals surface area (Å²) in [6.07, 6.45) is 19.3. The molecule has 1 aliphatic carbocycles. The highest BCUT2D eigenvalue weighted by Gasteiger charge is 2.23. The lowest BCUT2D eigenvalue weighted by Gasteiger charge is -2.29. The Kier molecular flexibility index (Phi) is 19.9. The van der Waals surface area contributed by atoms with Crippen LogP contribution in [0.4, 0.5) is 0 Å². The number of carbonyl (C=O) groups is 2. The molecular weight excluding hydrogens is 528 g/mol. The van der Waals surface area contributed by atoms with E-state index in [1.165, 1.54) is 63.4 Å². The predicted molar refractivity (Wildman–Crippen MR) is 188 cm³/mol. The maximum absolute atomic E-state index is 12.8. The van der Waals surface area contributed by atoms with Gasteiger partial charge in [-0.25, -0.2) is 0 Å². The molecule has 2 unspecified atom stereocenters. The minimum atomic E-state index is -0.175. The van der Waals surface area contributed by atoms with Crippen molar-refractivity contribution in [3.05, 3.63) is 47.5 Å². The molecular formula is C40H64O3. The van der Waals surface area contributed by atoms with Crippen molar-refractivity contribution in [3.63, 3.8) is 0 Å². The molecule has 43 heavy (non-hydrogen) atoms. The Labute approximate surface area is 265 Å². The summed E-state index contributed by atoms with van der Waals surface area (Å²) in [6, 6.07) is 10.6. The van der Waals surface area contributed by atoms with Gasteiger partial charge in [0, 0.05) is 11.3 Å². The first-order valence-electron chi connectivity index (χ1n) is 17.9. The quantitative estimate of drug-likeness (QED) is 0.0894. The van der Waals surface area contributed by atoms with Crippen molar-refractivity contribution in [3.8, 4) is 5.75 Å². The van der Waals surface area contributed by atoms with Crippen molar-refractivity contribution in [1.82, 2.24) is 0 Å². The van der Waals surface area contributed by atoms with Crippen LogP contribution in [-0.2, 0) is 9.59 Å². The van der Waals surface area contributed by atoms with Crippen LogP contribution in [0.1, 0.15) is 163 Å². The lowest BCUT2D eigenvalue weighted by atomic mass is 9.76. The van der Waals surface area contributed by atoms with Gasteiger partial charge in [0.1, 0.15) is 5.75 Å². The Balaban J connectivity index is 0.00000221. The lowest BCUT2D eigenvalue weighted by Crippen LogP contribution is -2.17. The van der Waals surface area contributed by atoms with Crippen molar-refractivity contribution in [1.29, 1.82) is 0 Å². The lowest BCUT2D eigenvalue weighted by molar-refractivity contribution is -0.138. The first-order valence-corrected chi connectivity index (χ1v) is 17.9. The fourth-order valence-electron chi connectivity index (χ4n) is 6.16. The van der Waals surface area contributed by atoms with Gasteiger partial charge < -0.3 is 4.74 Å². The van der Waals surface area contributed by atoms with E-state index < -0.39 is 0 Å². The number of hydrogen-bond acceptors (Lipinski definition) is 3. The molecule has 0 aromatic heterocycles. The Bertz CT molecular complexity index is 1090. The summed E-state index contributed by atoms with van der Waals surface area (Å²) in [6.45, 7) is 18.4. The van der Waals surface area contributed by atoms with Gasteiger partial charge >= 0.3 is 5.97 Å². The fraction of sp³-hybridized carbons (Fsp3) is 0.650. The number of hydrogen-bond donors (Lipinski definition) is 0. The van der Waals surface area contributed by atoms with Crippen molar-refractivity contribution in [2.24, 2.45) is 17.8 Å². The van der Waals surface area contributed by atoms with Gasteiger partial charge in [0.25, 0.3) is 0 Å². The van der Waals surface area contributed by atoms with Gasteiger partial charge in [-0.05, 0) is 79.0 Å². The summed E-state index contributed by atoms with van der Waals surface area (Å²) in [5.41, 5.74) is 2.38. The molecule has 0 N–H and O–H groups in total. The van der Waals surface area contributed by atoms with E-state index in [1.807, 2.05) is 59.8 Å². The van der Waals surface area contributed by atoms with E-state index in [2.05, 4.69) is 39.0 Å². The third-order valence-electron chi connectivity index (χ3n) is 8.79. The van der Waals surface area contributed by atoms with E-state index in [1.54, 1.807) is 6.08 Å². The van der Waals surface area contributed by atoms with Gasteiger partial charge in [-0.15, -0.1) is 0 Å². The number of carbonyl (C=O) groups excluding carboxylic acids is 2. The van der Waals surface area contributed by atoms with E-state index in [4.69, 9.17) is 4.74 Å². The largest absolute Gasteiger partial charge is 0.426 e. The number of fused-ring (bicyclic) bond motifs is 1. The molecule has 1 saturated carbocycles. The summed E-state index contributed by atoms with van der Waals surface area (Å²) < 4.78 is 5.92. The van der Waals surface area contributed by atoms with Crippen LogP contribution < -0.4 is 4.74 Å². The average molecular weight is 593 g/mol. The molecule has 3 rings (SSSR count). The zero-order valence-electron chi connectivity index (χ0n) is 29.3. The molecule has 0 aliphatic heterocycles. The number of benzene rings is 2. The normalized spacial score (nSPS) is 17.8. The summed E-state index contributed by atoms with van der Waals surface area (Å²) in [5, 5.41) is 2.01. The van der Waals surface area contributed by atoms with Crippen LogP contribution in [0.3, 0.4) is 0 Å². The summed E-state index contributed by atoms with van der Waals surface area (Å²) in [5.74, 6) is 1.96. The zero-order chi connectivity index (χ0) is 32.2. The Morgan fingerprint density at radius 1 is 0.791 bits per heavy atom. The van der Waals surface area contributed by atoms with Crippen molar-refractivity contribution >= 4 is 28.6 Å². The van der Waals surface area contributed by atoms with Gasteiger partial charge in [-0.3, -0.25) is 9.59 Å². The highest BCUT2D eigenvalue weighted by molar-refractivity contribution is 6.01. The van der Waals surface area contributed by atoms with Crippen LogP contribution >= 0.6 is 0 Å². The second kappa shape index (κ2) is 22.1. The average Bonchev–Trinajstić information content (AvgIpc) is 3.04. The molecule has 3 heteroatoms. The van der Waals surface area contributed by atoms with Crippen LogP contribution in [-0.4, -0.2) is 11.8 Å². The minimum absolute atomic E-state index is 0.0329. The van der Waals surface area contributed by atoms with Crippen LogP contribution in [0.5, 0.6) is 5.75 Å². The molecule has 1 fully saturated rings. The van der Waals surface area contributed by atoms with E-state index in [9.17, 15) is 9.59 Å². The highest BCUT2D eigenvalue weighted by atomic mass is 16.5. The van der Waals surface area contributed by atoms with Crippen LogP contribution in [0.15, 0.2) is 36.4 Å². The molecule has 0 amide bonds. The first-order chi connectivity index (χ1) is 20.9. The second-order valence-electron chi connectivity index (χ2n) is 12.1. The van der Waals surface area contributed by atoms with Crippen molar-refractivity contribution in [2.75, 3.05) is 0 Å². The number of ether oxygens (including phenoxy) is 1. The summed E-state index contributed by atoms with van der Waals surface area (Å²) in [4.78, 5) is 25.4.